The number of aromatic nitrogens is 2. The van der Waals surface area contributed by atoms with Crippen molar-refractivity contribution in [1.82, 2.24) is 10.2 Å². The van der Waals surface area contributed by atoms with Crippen molar-refractivity contribution in [1.29, 1.82) is 0 Å². The fraction of sp³-hybridized carbons (Fsp3) is 0.412. The molecule has 0 amide bonds. The van der Waals surface area contributed by atoms with Crippen molar-refractivity contribution >= 4 is 5.82 Å². The first-order chi connectivity index (χ1) is 10.2. The molecule has 118 valence electrons. The molecule has 1 aromatic heterocycles. The highest BCUT2D eigenvalue weighted by molar-refractivity contribution is 5.72. The van der Waals surface area contributed by atoms with E-state index in [-0.39, 0.29) is 5.75 Å². The van der Waals surface area contributed by atoms with Gasteiger partial charge < -0.3 is 15.5 Å². The van der Waals surface area contributed by atoms with E-state index in [9.17, 15) is 10.2 Å². The normalized spacial score (nSPS) is 11.5. The van der Waals surface area contributed by atoms with E-state index in [0.29, 0.717) is 23.6 Å². The number of hydrogen-bond donors (Lipinski definition) is 3. The summed E-state index contributed by atoms with van der Waals surface area (Å²) in [6, 6.07) is 5.61. The van der Waals surface area contributed by atoms with Crippen molar-refractivity contribution in [3.05, 3.63) is 34.9 Å². The molecule has 2 aromatic rings. The van der Waals surface area contributed by atoms with Crippen molar-refractivity contribution < 1.29 is 10.2 Å². The van der Waals surface area contributed by atoms with Gasteiger partial charge in [-0.2, -0.15) is 0 Å². The number of aryl methyl sites for hydroxylation is 3. The molecule has 5 heteroatoms. The summed E-state index contributed by atoms with van der Waals surface area (Å²) < 4.78 is 0. The second-order valence-corrected chi connectivity index (χ2v) is 6.40. The van der Waals surface area contributed by atoms with E-state index < -0.39 is 5.60 Å². The smallest absolute Gasteiger partial charge is 0.151 e. The summed E-state index contributed by atoms with van der Waals surface area (Å²) in [6.07, 6.45) is 0. The van der Waals surface area contributed by atoms with Gasteiger partial charge in [0.2, 0.25) is 0 Å². The Labute approximate surface area is 131 Å². The van der Waals surface area contributed by atoms with Crippen LogP contribution >= 0.6 is 0 Å². The lowest BCUT2D eigenvalue weighted by Crippen LogP contribution is -2.29. The summed E-state index contributed by atoms with van der Waals surface area (Å²) in [5, 5.41) is 31.4. The molecule has 0 atom stereocenters. The first-order valence-electron chi connectivity index (χ1n) is 7.28. The van der Waals surface area contributed by atoms with Crippen LogP contribution < -0.4 is 5.32 Å². The van der Waals surface area contributed by atoms with Gasteiger partial charge in [0.15, 0.2) is 5.82 Å². The van der Waals surface area contributed by atoms with E-state index in [1.807, 2.05) is 32.9 Å². The standard InChI is InChI=1S/C17H23N3O2/c1-10-6-11(2)15(14(21)7-10)13-8-12(3)16(20-19-13)18-9-17(4,5)22/h6-8,21-22H,9H2,1-5H3,(H,18,20). The predicted octanol–water partition coefficient (Wildman–Crippen LogP) is 2.96. The maximum Gasteiger partial charge on any atom is 0.151 e. The molecule has 0 saturated carbocycles. The molecule has 0 spiro atoms. The summed E-state index contributed by atoms with van der Waals surface area (Å²) in [6.45, 7) is 9.65. The van der Waals surface area contributed by atoms with E-state index in [1.54, 1.807) is 19.9 Å². The summed E-state index contributed by atoms with van der Waals surface area (Å²) in [5.74, 6) is 0.846. The third-order valence-electron chi connectivity index (χ3n) is 3.39. The average Bonchev–Trinajstić information content (AvgIpc) is 2.35. The number of aromatic hydroxyl groups is 1. The minimum atomic E-state index is -0.821. The lowest BCUT2D eigenvalue weighted by molar-refractivity contribution is 0.0944. The Balaban J connectivity index is 2.34. The zero-order valence-corrected chi connectivity index (χ0v) is 13.7. The van der Waals surface area contributed by atoms with Crippen LogP contribution in [0.1, 0.15) is 30.5 Å². The topological polar surface area (TPSA) is 78.3 Å². The largest absolute Gasteiger partial charge is 0.507 e. The van der Waals surface area contributed by atoms with E-state index in [0.717, 1.165) is 16.7 Å². The number of aliphatic hydroxyl groups is 1. The number of hydrogen-bond acceptors (Lipinski definition) is 5. The number of nitrogens with zero attached hydrogens (tertiary/aromatic N) is 2. The second-order valence-electron chi connectivity index (χ2n) is 6.40. The molecule has 2 rings (SSSR count). The molecule has 1 heterocycles. The number of phenolic OH excluding ortho intramolecular Hbond substituents is 1. The molecule has 0 aliphatic carbocycles. The van der Waals surface area contributed by atoms with Crippen LogP contribution in [0.15, 0.2) is 18.2 Å². The highest BCUT2D eigenvalue weighted by atomic mass is 16.3. The van der Waals surface area contributed by atoms with Crippen molar-refractivity contribution in [2.75, 3.05) is 11.9 Å². The number of nitrogens with one attached hydrogen (secondary N) is 1. The summed E-state index contributed by atoms with van der Waals surface area (Å²) in [5.41, 5.74) is 3.40. The van der Waals surface area contributed by atoms with E-state index in [1.165, 1.54) is 0 Å². The van der Waals surface area contributed by atoms with Crippen molar-refractivity contribution in [2.24, 2.45) is 0 Å². The van der Waals surface area contributed by atoms with Crippen LogP contribution in [0.5, 0.6) is 5.75 Å². The minimum absolute atomic E-state index is 0.211. The van der Waals surface area contributed by atoms with Gasteiger partial charge in [0.1, 0.15) is 5.75 Å². The maximum absolute atomic E-state index is 10.2. The highest BCUT2D eigenvalue weighted by Crippen LogP contribution is 2.33. The number of benzene rings is 1. The summed E-state index contributed by atoms with van der Waals surface area (Å²) >= 11 is 0. The molecule has 0 aliphatic rings. The van der Waals surface area contributed by atoms with Crippen LogP contribution in [-0.4, -0.2) is 32.6 Å². The Bertz CT molecular complexity index is 668. The van der Waals surface area contributed by atoms with Gasteiger partial charge in [0, 0.05) is 12.1 Å². The van der Waals surface area contributed by atoms with Gasteiger partial charge in [-0.15, -0.1) is 10.2 Å². The van der Waals surface area contributed by atoms with Gasteiger partial charge in [-0.25, -0.2) is 0 Å². The first-order valence-corrected chi connectivity index (χ1v) is 7.28. The molecule has 3 N–H and O–H groups in total. The second kappa shape index (κ2) is 5.93. The van der Waals surface area contributed by atoms with Crippen LogP contribution in [0.4, 0.5) is 5.82 Å². The number of phenols is 1. The van der Waals surface area contributed by atoms with Crippen LogP contribution in [0, 0.1) is 20.8 Å². The molecule has 0 saturated heterocycles. The zero-order chi connectivity index (χ0) is 16.5. The third-order valence-corrected chi connectivity index (χ3v) is 3.39. The molecular formula is C17H23N3O2. The Morgan fingerprint density at radius 3 is 2.27 bits per heavy atom. The third kappa shape index (κ3) is 3.74. The van der Waals surface area contributed by atoms with E-state index >= 15 is 0 Å². The zero-order valence-electron chi connectivity index (χ0n) is 13.7. The first kappa shape index (κ1) is 16.2. The van der Waals surface area contributed by atoms with Gasteiger partial charge in [-0.3, -0.25) is 0 Å². The van der Waals surface area contributed by atoms with E-state index in [2.05, 4.69) is 15.5 Å². The number of anilines is 1. The van der Waals surface area contributed by atoms with Gasteiger partial charge in [-0.1, -0.05) is 6.07 Å². The molecule has 22 heavy (non-hydrogen) atoms. The molecule has 0 fully saturated rings. The monoisotopic (exact) mass is 301 g/mol. The van der Waals surface area contributed by atoms with Gasteiger partial charge in [-0.05, 0) is 63.4 Å². The fourth-order valence-corrected chi connectivity index (χ4v) is 2.36. The van der Waals surface area contributed by atoms with Crippen LogP contribution in [0.25, 0.3) is 11.3 Å². The number of rotatable bonds is 4. The SMILES string of the molecule is Cc1cc(C)c(-c2cc(C)c(NCC(C)(C)O)nn2)c(O)c1. The molecule has 5 nitrogen and oxygen atoms in total. The summed E-state index contributed by atoms with van der Waals surface area (Å²) in [4.78, 5) is 0. The molecule has 0 unspecified atom stereocenters. The van der Waals surface area contributed by atoms with Gasteiger partial charge in [0.05, 0.1) is 11.3 Å². The molecule has 0 bridgehead atoms. The highest BCUT2D eigenvalue weighted by Gasteiger charge is 2.15. The lowest BCUT2D eigenvalue weighted by Gasteiger charge is -2.19. The predicted molar refractivity (Wildman–Crippen MR) is 88.1 cm³/mol. The molecular weight excluding hydrogens is 278 g/mol. The average molecular weight is 301 g/mol. The molecule has 1 aromatic carbocycles. The van der Waals surface area contributed by atoms with Crippen LogP contribution in [0.3, 0.4) is 0 Å². The Kier molecular flexibility index (Phi) is 4.37. The minimum Gasteiger partial charge on any atom is -0.507 e. The quantitative estimate of drug-likeness (QED) is 0.809. The maximum atomic E-state index is 10.2. The van der Waals surface area contributed by atoms with E-state index in [4.69, 9.17) is 0 Å². The van der Waals surface area contributed by atoms with Gasteiger partial charge in [0.25, 0.3) is 0 Å². The Morgan fingerprint density at radius 1 is 1.05 bits per heavy atom. The summed E-state index contributed by atoms with van der Waals surface area (Å²) in [7, 11) is 0. The molecule has 0 aliphatic heterocycles. The van der Waals surface area contributed by atoms with Crippen molar-refractivity contribution in [3.63, 3.8) is 0 Å². The molecule has 0 radical (unpaired) electrons. The van der Waals surface area contributed by atoms with Gasteiger partial charge >= 0.3 is 0 Å². The van der Waals surface area contributed by atoms with Crippen molar-refractivity contribution in [3.8, 4) is 17.0 Å². The Morgan fingerprint density at radius 2 is 1.73 bits per heavy atom. The lowest BCUT2D eigenvalue weighted by atomic mass is 10.0. The van der Waals surface area contributed by atoms with Crippen molar-refractivity contribution in [2.45, 2.75) is 40.2 Å². The fourth-order valence-electron chi connectivity index (χ4n) is 2.36. The van der Waals surface area contributed by atoms with Crippen LogP contribution in [0.2, 0.25) is 0 Å². The Hall–Kier alpha value is -2.14. The van der Waals surface area contributed by atoms with Crippen LogP contribution in [-0.2, 0) is 0 Å².